The highest BCUT2D eigenvalue weighted by Crippen LogP contribution is 2.33. The largest absolute Gasteiger partial charge is 0.496 e. The molecule has 0 radical (unpaired) electrons. The number of anilines is 1. The molecule has 0 unspecified atom stereocenters. The fraction of sp³-hybridized carbons (Fsp3) is 0.267. The lowest BCUT2D eigenvalue weighted by Crippen LogP contribution is -2.03. The van der Waals surface area contributed by atoms with Crippen molar-refractivity contribution < 1.29 is 4.74 Å². The van der Waals surface area contributed by atoms with Crippen LogP contribution in [0.1, 0.15) is 24.5 Å². The lowest BCUT2D eigenvalue weighted by molar-refractivity contribution is 0.416. The quantitative estimate of drug-likeness (QED) is 0.921. The first kappa shape index (κ1) is 13.8. The molecule has 102 valence electrons. The van der Waals surface area contributed by atoms with Crippen LogP contribution in [0.15, 0.2) is 24.5 Å². The molecule has 0 atom stereocenters. The highest BCUT2D eigenvalue weighted by Gasteiger charge is 2.15. The maximum atomic E-state index is 9.05. The van der Waals surface area contributed by atoms with E-state index in [2.05, 4.69) is 23.0 Å². The van der Waals surface area contributed by atoms with E-state index in [1.807, 2.05) is 0 Å². The third-order valence-corrected chi connectivity index (χ3v) is 3.06. The van der Waals surface area contributed by atoms with Crippen LogP contribution in [0.25, 0.3) is 11.3 Å². The molecule has 0 saturated heterocycles. The minimum atomic E-state index is 0.473. The molecule has 0 spiro atoms. The molecule has 2 rings (SSSR count). The molecule has 0 aliphatic carbocycles. The van der Waals surface area contributed by atoms with E-state index in [-0.39, 0.29) is 0 Å². The fourth-order valence-corrected chi connectivity index (χ4v) is 2.12. The van der Waals surface area contributed by atoms with Crippen LogP contribution in [0.3, 0.4) is 0 Å². The van der Waals surface area contributed by atoms with Gasteiger partial charge in [-0.25, -0.2) is 9.97 Å². The number of hydrogen-bond acceptors (Lipinski definition) is 5. The van der Waals surface area contributed by atoms with Gasteiger partial charge in [-0.2, -0.15) is 5.26 Å². The summed E-state index contributed by atoms with van der Waals surface area (Å²) in [7, 11) is 1.59. The van der Waals surface area contributed by atoms with Gasteiger partial charge in [0.1, 0.15) is 17.9 Å². The van der Waals surface area contributed by atoms with Crippen LogP contribution in [0.4, 0.5) is 5.82 Å². The third-order valence-electron chi connectivity index (χ3n) is 3.06. The number of nitrogens with two attached hydrogens (primary N) is 1. The van der Waals surface area contributed by atoms with E-state index in [1.54, 1.807) is 25.3 Å². The maximum Gasteiger partial charge on any atom is 0.130 e. The zero-order valence-corrected chi connectivity index (χ0v) is 11.6. The van der Waals surface area contributed by atoms with Gasteiger partial charge in [0.2, 0.25) is 0 Å². The molecule has 1 heterocycles. The van der Waals surface area contributed by atoms with Crippen molar-refractivity contribution in [1.29, 1.82) is 5.26 Å². The average Bonchev–Trinajstić information content (AvgIpc) is 2.49. The zero-order valence-electron chi connectivity index (χ0n) is 11.6. The van der Waals surface area contributed by atoms with Gasteiger partial charge in [0, 0.05) is 11.1 Å². The summed E-state index contributed by atoms with van der Waals surface area (Å²) >= 11 is 0. The van der Waals surface area contributed by atoms with Gasteiger partial charge in [0.05, 0.1) is 24.4 Å². The van der Waals surface area contributed by atoms with Crippen LogP contribution in [-0.2, 0) is 6.42 Å². The van der Waals surface area contributed by atoms with Crippen molar-refractivity contribution in [3.63, 3.8) is 0 Å². The summed E-state index contributed by atoms with van der Waals surface area (Å²) in [6.45, 7) is 2.07. The molecule has 0 aliphatic heterocycles. The summed E-state index contributed by atoms with van der Waals surface area (Å²) in [5.41, 5.74) is 8.90. The Morgan fingerprint density at radius 2 is 2.15 bits per heavy atom. The van der Waals surface area contributed by atoms with Gasteiger partial charge in [-0.3, -0.25) is 0 Å². The van der Waals surface area contributed by atoms with Gasteiger partial charge < -0.3 is 10.5 Å². The average molecular weight is 268 g/mol. The highest BCUT2D eigenvalue weighted by molar-refractivity contribution is 5.74. The Bertz CT molecular complexity index is 661. The van der Waals surface area contributed by atoms with Gasteiger partial charge in [-0.05, 0) is 24.6 Å². The molecule has 0 saturated carbocycles. The van der Waals surface area contributed by atoms with Crippen molar-refractivity contribution in [2.45, 2.75) is 19.8 Å². The van der Waals surface area contributed by atoms with Gasteiger partial charge in [-0.1, -0.05) is 13.3 Å². The first-order chi connectivity index (χ1) is 9.71. The number of ether oxygens (including phenoxy) is 1. The van der Waals surface area contributed by atoms with Gasteiger partial charge in [0.15, 0.2) is 0 Å². The molecule has 0 amide bonds. The summed E-state index contributed by atoms with van der Waals surface area (Å²) in [6, 6.07) is 7.37. The molecule has 2 aromatic rings. The molecule has 2 N–H and O–H groups in total. The number of aromatic nitrogens is 2. The molecule has 0 fully saturated rings. The Labute approximate surface area is 118 Å². The number of methoxy groups -OCH3 is 1. The van der Waals surface area contributed by atoms with Crippen molar-refractivity contribution in [3.05, 3.63) is 35.7 Å². The van der Waals surface area contributed by atoms with Crippen LogP contribution in [0, 0.1) is 11.3 Å². The maximum absolute atomic E-state index is 9.05. The second-order valence-electron chi connectivity index (χ2n) is 4.36. The molecule has 1 aromatic heterocycles. The van der Waals surface area contributed by atoms with Gasteiger partial charge >= 0.3 is 0 Å². The molecular weight excluding hydrogens is 252 g/mol. The Morgan fingerprint density at radius 3 is 2.80 bits per heavy atom. The first-order valence-corrected chi connectivity index (χ1v) is 6.39. The smallest absolute Gasteiger partial charge is 0.130 e. The van der Waals surface area contributed by atoms with Crippen LogP contribution in [-0.4, -0.2) is 17.1 Å². The predicted octanol–water partition coefficient (Wildman–Crippen LogP) is 2.56. The molecule has 5 heteroatoms. The second-order valence-corrected chi connectivity index (χ2v) is 4.36. The van der Waals surface area contributed by atoms with Crippen molar-refractivity contribution in [1.82, 2.24) is 9.97 Å². The molecule has 5 nitrogen and oxygen atoms in total. The van der Waals surface area contributed by atoms with Crippen molar-refractivity contribution in [3.8, 4) is 23.1 Å². The normalized spacial score (nSPS) is 10.1. The lowest BCUT2D eigenvalue weighted by atomic mass is 10.0. The lowest BCUT2D eigenvalue weighted by Gasteiger charge is -2.13. The Kier molecular flexibility index (Phi) is 4.16. The highest BCUT2D eigenvalue weighted by atomic mass is 16.5. The molecule has 1 aromatic carbocycles. The van der Waals surface area contributed by atoms with Crippen LogP contribution in [0.2, 0.25) is 0 Å². The first-order valence-electron chi connectivity index (χ1n) is 6.39. The fourth-order valence-electron chi connectivity index (χ4n) is 2.12. The summed E-state index contributed by atoms with van der Waals surface area (Å²) in [6.07, 6.45) is 3.15. The topological polar surface area (TPSA) is 84.8 Å². The minimum absolute atomic E-state index is 0.473. The van der Waals surface area contributed by atoms with Gasteiger partial charge in [-0.15, -0.1) is 0 Å². The zero-order chi connectivity index (χ0) is 14.5. The van der Waals surface area contributed by atoms with Crippen molar-refractivity contribution in [2.75, 3.05) is 12.8 Å². The SMILES string of the molecule is CCCc1c(N)ncnc1-c1cc(C#N)ccc1OC. The Hall–Kier alpha value is -2.61. The molecular formula is C15H16N4O. The summed E-state index contributed by atoms with van der Waals surface area (Å²) in [5, 5.41) is 9.05. The van der Waals surface area contributed by atoms with E-state index < -0.39 is 0 Å². The molecule has 0 bridgehead atoms. The predicted molar refractivity (Wildman–Crippen MR) is 77.1 cm³/mol. The third kappa shape index (κ3) is 2.54. The minimum Gasteiger partial charge on any atom is -0.496 e. The number of nitrogens with zero attached hydrogens (tertiary/aromatic N) is 3. The molecule has 20 heavy (non-hydrogen) atoms. The monoisotopic (exact) mass is 268 g/mol. The summed E-state index contributed by atoms with van der Waals surface area (Å²) in [4.78, 5) is 8.37. The van der Waals surface area contributed by atoms with E-state index >= 15 is 0 Å². The van der Waals surface area contributed by atoms with E-state index in [9.17, 15) is 0 Å². The number of nitrogen functional groups attached to an aromatic ring is 1. The van der Waals surface area contributed by atoms with E-state index in [0.717, 1.165) is 29.7 Å². The standard InChI is InChI=1S/C15H16N4O/c1-3-4-11-14(18-9-19-15(11)17)12-7-10(8-16)5-6-13(12)20-2/h5-7,9H,3-4H2,1-2H3,(H2,17,18,19). The van der Waals surface area contributed by atoms with Crippen molar-refractivity contribution >= 4 is 5.82 Å². The second kappa shape index (κ2) is 6.02. The summed E-state index contributed by atoms with van der Waals surface area (Å²) < 4.78 is 5.36. The van der Waals surface area contributed by atoms with Crippen LogP contribution >= 0.6 is 0 Å². The van der Waals surface area contributed by atoms with Crippen LogP contribution < -0.4 is 10.5 Å². The molecule has 0 aliphatic rings. The Balaban J connectivity index is 2.67. The van der Waals surface area contributed by atoms with Crippen LogP contribution in [0.5, 0.6) is 5.75 Å². The van der Waals surface area contributed by atoms with Crippen molar-refractivity contribution in [2.24, 2.45) is 0 Å². The number of benzene rings is 1. The van der Waals surface area contributed by atoms with E-state index in [1.165, 1.54) is 6.33 Å². The number of nitriles is 1. The number of rotatable bonds is 4. The Morgan fingerprint density at radius 1 is 1.35 bits per heavy atom. The van der Waals surface area contributed by atoms with Gasteiger partial charge in [0.25, 0.3) is 0 Å². The number of hydrogen-bond donors (Lipinski definition) is 1. The van der Waals surface area contributed by atoms with E-state index in [0.29, 0.717) is 17.1 Å². The summed E-state index contributed by atoms with van der Waals surface area (Å²) in [5.74, 6) is 1.14. The van der Waals surface area contributed by atoms with E-state index in [4.69, 9.17) is 15.7 Å².